The van der Waals surface area contributed by atoms with E-state index in [4.69, 9.17) is 14.2 Å². The summed E-state index contributed by atoms with van der Waals surface area (Å²) in [6.45, 7) is 1.13. The van der Waals surface area contributed by atoms with E-state index in [9.17, 15) is 9.59 Å². The second kappa shape index (κ2) is 10.1. The van der Waals surface area contributed by atoms with Crippen LogP contribution in [0, 0.1) is 0 Å². The van der Waals surface area contributed by atoms with Gasteiger partial charge in [0.05, 0.1) is 20.3 Å². The highest BCUT2D eigenvalue weighted by Gasteiger charge is 2.20. The average Bonchev–Trinajstić information content (AvgIpc) is 3.45. The van der Waals surface area contributed by atoms with Crippen molar-refractivity contribution in [2.45, 2.75) is 18.9 Å². The Morgan fingerprint density at radius 1 is 1.24 bits per heavy atom. The van der Waals surface area contributed by atoms with Crippen LogP contribution in [0.1, 0.15) is 28.1 Å². The van der Waals surface area contributed by atoms with Crippen LogP contribution in [-0.2, 0) is 9.53 Å². The Labute approximate surface area is 173 Å². The fourth-order valence-electron chi connectivity index (χ4n) is 2.95. The Bertz CT molecular complexity index is 873. The Hall–Kier alpha value is -2.84. The quantitative estimate of drug-likeness (QED) is 0.647. The summed E-state index contributed by atoms with van der Waals surface area (Å²) in [6, 6.07) is 8.59. The average molecular weight is 416 g/mol. The molecule has 2 heterocycles. The monoisotopic (exact) mass is 416 g/mol. The molecule has 0 radical (unpaired) electrons. The van der Waals surface area contributed by atoms with Crippen LogP contribution in [0.4, 0.5) is 0 Å². The molecule has 1 fully saturated rings. The number of methoxy groups -OCH3 is 2. The molecule has 1 saturated heterocycles. The summed E-state index contributed by atoms with van der Waals surface area (Å²) in [5.41, 5.74) is 0.525. The van der Waals surface area contributed by atoms with Crippen LogP contribution in [0.25, 0.3) is 6.08 Å². The van der Waals surface area contributed by atoms with Gasteiger partial charge in [0.2, 0.25) is 0 Å². The molecule has 1 aromatic carbocycles. The minimum absolute atomic E-state index is 0.0171. The third-order valence-electron chi connectivity index (χ3n) is 4.48. The van der Waals surface area contributed by atoms with Gasteiger partial charge in [0.25, 0.3) is 11.8 Å². The van der Waals surface area contributed by atoms with E-state index in [-0.39, 0.29) is 17.7 Å². The molecule has 7 nitrogen and oxygen atoms in total. The zero-order chi connectivity index (χ0) is 20.6. The molecule has 2 aromatic rings. The van der Waals surface area contributed by atoms with E-state index in [2.05, 4.69) is 10.6 Å². The Morgan fingerprint density at radius 3 is 2.72 bits per heavy atom. The van der Waals surface area contributed by atoms with Gasteiger partial charge in [0.1, 0.15) is 5.70 Å². The molecule has 0 bridgehead atoms. The van der Waals surface area contributed by atoms with Crippen molar-refractivity contribution in [3.05, 3.63) is 51.8 Å². The molecule has 1 aromatic heterocycles. The lowest BCUT2D eigenvalue weighted by Crippen LogP contribution is -2.38. The third kappa shape index (κ3) is 5.58. The molecule has 0 spiro atoms. The van der Waals surface area contributed by atoms with E-state index >= 15 is 0 Å². The van der Waals surface area contributed by atoms with Crippen LogP contribution in [-0.4, -0.2) is 45.3 Å². The van der Waals surface area contributed by atoms with Crippen LogP contribution in [0.15, 0.2) is 41.4 Å². The van der Waals surface area contributed by atoms with Crippen LogP contribution in [0.3, 0.4) is 0 Å². The zero-order valence-electron chi connectivity index (χ0n) is 16.4. The highest BCUT2D eigenvalue weighted by molar-refractivity contribution is 7.10. The Morgan fingerprint density at radius 2 is 2.07 bits per heavy atom. The molecular formula is C21H24N2O5S. The van der Waals surface area contributed by atoms with Crippen molar-refractivity contribution < 1.29 is 23.8 Å². The first-order valence-corrected chi connectivity index (χ1v) is 10.2. The molecule has 154 valence electrons. The number of benzene rings is 1. The number of ether oxygens (including phenoxy) is 3. The standard InChI is InChI=1S/C21H24N2O5S/c1-26-18-8-7-14(11-19(18)27-2)20(24)23-17(12-16-6-4-10-29-16)21(25)22-13-15-5-3-9-28-15/h4,6-8,10-12,15H,3,5,9,13H2,1-2H3,(H,22,25)(H,23,24)/b17-12-/t15-/m0/s1. The number of amides is 2. The summed E-state index contributed by atoms with van der Waals surface area (Å²) in [7, 11) is 3.03. The van der Waals surface area contributed by atoms with E-state index in [1.165, 1.54) is 25.6 Å². The number of hydrogen-bond donors (Lipinski definition) is 2. The van der Waals surface area contributed by atoms with Crippen molar-refractivity contribution in [1.82, 2.24) is 10.6 Å². The van der Waals surface area contributed by atoms with E-state index in [0.29, 0.717) is 30.2 Å². The van der Waals surface area contributed by atoms with E-state index in [1.807, 2.05) is 17.5 Å². The third-order valence-corrected chi connectivity index (χ3v) is 5.30. The predicted molar refractivity (Wildman–Crippen MR) is 111 cm³/mol. The molecule has 1 aliphatic heterocycles. The van der Waals surface area contributed by atoms with Gasteiger partial charge >= 0.3 is 0 Å². The van der Waals surface area contributed by atoms with Gasteiger partial charge in [-0.25, -0.2) is 0 Å². The van der Waals surface area contributed by atoms with Gasteiger partial charge in [-0.1, -0.05) is 6.07 Å². The fourth-order valence-corrected chi connectivity index (χ4v) is 3.61. The normalized spacial score (nSPS) is 16.3. The molecule has 1 atom stereocenters. The number of carbonyl (C=O) groups is 2. The Kier molecular flexibility index (Phi) is 7.26. The van der Waals surface area contributed by atoms with Crippen molar-refractivity contribution >= 4 is 29.2 Å². The van der Waals surface area contributed by atoms with E-state index in [1.54, 1.807) is 24.3 Å². The minimum Gasteiger partial charge on any atom is -0.493 e. The number of hydrogen-bond acceptors (Lipinski definition) is 6. The molecular weight excluding hydrogens is 392 g/mol. The summed E-state index contributed by atoms with van der Waals surface area (Å²) in [5.74, 6) is 0.184. The van der Waals surface area contributed by atoms with Gasteiger partial charge in [0.15, 0.2) is 11.5 Å². The second-order valence-electron chi connectivity index (χ2n) is 6.44. The number of nitrogens with one attached hydrogen (secondary N) is 2. The summed E-state index contributed by atoms with van der Waals surface area (Å²) < 4.78 is 16.0. The van der Waals surface area contributed by atoms with Crippen LogP contribution in [0.2, 0.25) is 0 Å². The zero-order valence-corrected chi connectivity index (χ0v) is 17.2. The molecule has 29 heavy (non-hydrogen) atoms. The summed E-state index contributed by atoms with van der Waals surface area (Å²) in [4.78, 5) is 26.4. The SMILES string of the molecule is COc1ccc(C(=O)N/C(=C\c2cccs2)C(=O)NC[C@@H]2CCCO2)cc1OC. The largest absolute Gasteiger partial charge is 0.493 e. The van der Waals surface area contributed by atoms with Crippen LogP contribution in [0.5, 0.6) is 11.5 Å². The van der Waals surface area contributed by atoms with Crippen molar-refractivity contribution in [3.8, 4) is 11.5 Å². The first-order chi connectivity index (χ1) is 14.1. The minimum atomic E-state index is -0.416. The maximum absolute atomic E-state index is 12.8. The predicted octanol–water partition coefficient (Wildman–Crippen LogP) is 2.83. The first-order valence-electron chi connectivity index (χ1n) is 9.29. The fraction of sp³-hybridized carbons (Fsp3) is 0.333. The first kappa shape index (κ1) is 20.9. The van der Waals surface area contributed by atoms with Gasteiger partial charge in [-0.2, -0.15) is 0 Å². The lowest BCUT2D eigenvalue weighted by Gasteiger charge is -2.14. The van der Waals surface area contributed by atoms with E-state index < -0.39 is 5.91 Å². The summed E-state index contributed by atoms with van der Waals surface area (Å²) in [6.07, 6.45) is 3.59. The number of thiophene rings is 1. The van der Waals surface area contributed by atoms with Gasteiger partial charge in [-0.05, 0) is 48.6 Å². The Balaban J connectivity index is 1.75. The molecule has 0 unspecified atom stereocenters. The second-order valence-corrected chi connectivity index (χ2v) is 7.42. The molecule has 1 aliphatic rings. The van der Waals surface area contributed by atoms with Gasteiger partial charge in [-0.15, -0.1) is 11.3 Å². The smallest absolute Gasteiger partial charge is 0.267 e. The van der Waals surface area contributed by atoms with Crippen LogP contribution >= 0.6 is 11.3 Å². The van der Waals surface area contributed by atoms with Crippen molar-refractivity contribution in [2.75, 3.05) is 27.4 Å². The lowest BCUT2D eigenvalue weighted by molar-refractivity contribution is -0.118. The molecule has 8 heteroatoms. The van der Waals surface area contributed by atoms with E-state index in [0.717, 1.165) is 17.7 Å². The molecule has 0 aliphatic carbocycles. The van der Waals surface area contributed by atoms with Crippen LogP contribution < -0.4 is 20.1 Å². The van der Waals surface area contributed by atoms with Gasteiger partial charge < -0.3 is 24.8 Å². The number of carbonyl (C=O) groups excluding carboxylic acids is 2. The summed E-state index contributed by atoms with van der Waals surface area (Å²) >= 11 is 1.48. The van der Waals surface area contributed by atoms with Crippen molar-refractivity contribution in [2.24, 2.45) is 0 Å². The topological polar surface area (TPSA) is 85.9 Å². The number of rotatable bonds is 8. The molecule has 3 rings (SSSR count). The van der Waals surface area contributed by atoms with Gasteiger partial charge in [-0.3, -0.25) is 9.59 Å². The highest BCUT2D eigenvalue weighted by atomic mass is 32.1. The lowest BCUT2D eigenvalue weighted by atomic mass is 10.1. The van der Waals surface area contributed by atoms with Gasteiger partial charge in [0, 0.05) is 23.6 Å². The molecule has 0 saturated carbocycles. The summed E-state index contributed by atoms with van der Waals surface area (Å²) in [5, 5.41) is 7.47. The maximum Gasteiger partial charge on any atom is 0.267 e. The molecule has 2 N–H and O–H groups in total. The van der Waals surface area contributed by atoms with Crippen molar-refractivity contribution in [3.63, 3.8) is 0 Å². The highest BCUT2D eigenvalue weighted by Crippen LogP contribution is 2.27. The maximum atomic E-state index is 12.8. The van der Waals surface area contributed by atoms with Crippen molar-refractivity contribution in [1.29, 1.82) is 0 Å². The molecule has 2 amide bonds.